The highest BCUT2D eigenvalue weighted by Gasteiger charge is 2.32. The van der Waals surface area contributed by atoms with Crippen LogP contribution in [0.3, 0.4) is 0 Å². The van der Waals surface area contributed by atoms with Gasteiger partial charge in [0.15, 0.2) is 9.84 Å². The van der Waals surface area contributed by atoms with Crippen molar-refractivity contribution in [1.29, 1.82) is 0 Å². The van der Waals surface area contributed by atoms with Crippen LogP contribution in [0.25, 0.3) is 0 Å². The van der Waals surface area contributed by atoms with E-state index in [0.29, 0.717) is 26.1 Å². The van der Waals surface area contributed by atoms with Crippen LogP contribution in [0.4, 0.5) is 5.69 Å². The fraction of sp³-hybridized carbons (Fsp3) is 0.391. The van der Waals surface area contributed by atoms with Crippen LogP contribution in [0, 0.1) is 0 Å². The molecule has 8 heteroatoms. The average molecular weight is 442 g/mol. The molecule has 2 aromatic rings. The third kappa shape index (κ3) is 5.14. The molecule has 0 aromatic heterocycles. The van der Waals surface area contributed by atoms with Crippen LogP contribution in [0.2, 0.25) is 0 Å². The summed E-state index contributed by atoms with van der Waals surface area (Å²) in [5.41, 5.74) is 2.62. The molecule has 1 N–H and O–H groups in total. The summed E-state index contributed by atoms with van der Waals surface area (Å²) in [7, 11) is -3.04. The van der Waals surface area contributed by atoms with E-state index in [-0.39, 0.29) is 23.3 Å². The molecule has 0 spiro atoms. The number of anilines is 1. The van der Waals surface area contributed by atoms with Crippen molar-refractivity contribution in [3.05, 3.63) is 65.7 Å². The smallest absolute Gasteiger partial charge is 0.242 e. The van der Waals surface area contributed by atoms with Gasteiger partial charge in [0.1, 0.15) is 6.04 Å². The molecule has 4 rings (SSSR count). The second kappa shape index (κ2) is 9.20. The summed E-state index contributed by atoms with van der Waals surface area (Å²) in [5, 5.41) is 3.01. The van der Waals surface area contributed by atoms with Crippen molar-refractivity contribution in [3.8, 4) is 0 Å². The van der Waals surface area contributed by atoms with Gasteiger partial charge in [-0.1, -0.05) is 42.5 Å². The van der Waals surface area contributed by atoms with E-state index in [9.17, 15) is 18.0 Å². The zero-order chi connectivity index (χ0) is 21.8. The van der Waals surface area contributed by atoms with E-state index >= 15 is 0 Å². The fourth-order valence-electron chi connectivity index (χ4n) is 4.19. The van der Waals surface area contributed by atoms with Gasteiger partial charge in [0.25, 0.3) is 0 Å². The minimum atomic E-state index is -3.04. The molecule has 0 saturated carbocycles. The van der Waals surface area contributed by atoms with Crippen molar-refractivity contribution in [2.24, 2.45) is 0 Å². The Hall–Kier alpha value is -2.71. The first-order valence-corrected chi connectivity index (χ1v) is 12.4. The Bertz CT molecular complexity index is 1040. The summed E-state index contributed by atoms with van der Waals surface area (Å²) in [6.07, 6.45) is 1.44. The van der Waals surface area contributed by atoms with Gasteiger partial charge in [0.2, 0.25) is 11.8 Å². The van der Waals surface area contributed by atoms with Crippen molar-refractivity contribution >= 4 is 27.3 Å². The first-order valence-electron chi connectivity index (χ1n) is 10.6. The third-order valence-electron chi connectivity index (χ3n) is 5.87. The van der Waals surface area contributed by atoms with Gasteiger partial charge in [-0.15, -0.1) is 0 Å². The number of carbonyl (C=O) groups is 2. The van der Waals surface area contributed by atoms with Gasteiger partial charge in [-0.2, -0.15) is 0 Å². The molecule has 0 aliphatic carbocycles. The number of nitrogens with one attached hydrogen (secondary N) is 1. The van der Waals surface area contributed by atoms with E-state index < -0.39 is 15.9 Å². The van der Waals surface area contributed by atoms with Crippen molar-refractivity contribution in [1.82, 2.24) is 10.2 Å². The Balaban J connectivity index is 1.47. The summed E-state index contributed by atoms with van der Waals surface area (Å²) in [6.45, 7) is 1.73. The highest BCUT2D eigenvalue weighted by Crippen LogP contribution is 2.25. The largest absolute Gasteiger partial charge is 0.350 e. The zero-order valence-electron chi connectivity index (χ0n) is 17.4. The van der Waals surface area contributed by atoms with Crippen LogP contribution >= 0.6 is 0 Å². The molecule has 2 fully saturated rings. The molecule has 7 nitrogen and oxygen atoms in total. The van der Waals surface area contributed by atoms with E-state index in [0.717, 1.165) is 29.8 Å². The summed E-state index contributed by atoms with van der Waals surface area (Å²) in [5.74, 6) is 0.101. The maximum Gasteiger partial charge on any atom is 0.242 e. The van der Waals surface area contributed by atoms with Crippen LogP contribution in [0.15, 0.2) is 54.6 Å². The molecule has 164 valence electrons. The lowest BCUT2D eigenvalue weighted by Crippen LogP contribution is -2.47. The average Bonchev–Trinajstić information content (AvgIpc) is 3.20. The molecule has 2 aliphatic rings. The molecule has 0 bridgehead atoms. The number of hydrogen-bond donors (Lipinski definition) is 1. The molecule has 2 amide bonds. The predicted octanol–water partition coefficient (Wildman–Crippen LogP) is 1.90. The Kier molecular flexibility index (Phi) is 6.38. The minimum Gasteiger partial charge on any atom is -0.350 e. The van der Waals surface area contributed by atoms with Gasteiger partial charge >= 0.3 is 0 Å². The predicted molar refractivity (Wildman–Crippen MR) is 119 cm³/mol. The zero-order valence-corrected chi connectivity index (χ0v) is 18.2. The topological polar surface area (TPSA) is 86.8 Å². The first kappa shape index (κ1) is 21.5. The van der Waals surface area contributed by atoms with Gasteiger partial charge in [-0.05, 0) is 29.7 Å². The number of benzene rings is 2. The molecular weight excluding hydrogens is 414 g/mol. The lowest BCUT2D eigenvalue weighted by Gasteiger charge is -2.33. The van der Waals surface area contributed by atoms with Crippen molar-refractivity contribution in [2.75, 3.05) is 36.0 Å². The minimum absolute atomic E-state index is 0.0650. The third-order valence-corrected chi connectivity index (χ3v) is 7.48. The summed E-state index contributed by atoms with van der Waals surface area (Å²) < 4.78 is 23.7. The van der Waals surface area contributed by atoms with E-state index in [2.05, 4.69) is 5.32 Å². The quantitative estimate of drug-likeness (QED) is 0.740. The number of sulfone groups is 1. The van der Waals surface area contributed by atoms with Crippen LogP contribution in [-0.2, 0) is 26.0 Å². The fourth-order valence-corrected chi connectivity index (χ4v) is 5.42. The van der Waals surface area contributed by atoms with Gasteiger partial charge in [0.05, 0.1) is 11.5 Å². The lowest BCUT2D eigenvalue weighted by atomic mass is 10.0. The lowest BCUT2D eigenvalue weighted by molar-refractivity contribution is -0.126. The number of nitrogens with zero attached hydrogens (tertiary/aromatic N) is 2. The molecular formula is C23H27N3O4S. The molecule has 2 heterocycles. The summed E-state index contributed by atoms with van der Waals surface area (Å²) in [4.78, 5) is 29.0. The maximum atomic E-state index is 13.2. The van der Waals surface area contributed by atoms with Gasteiger partial charge in [-0.25, -0.2) is 8.42 Å². The summed E-state index contributed by atoms with van der Waals surface area (Å²) in [6, 6.07) is 16.6. The Labute approximate surface area is 183 Å². The molecule has 1 unspecified atom stereocenters. The standard InChI is InChI=1S/C23H27N3O4S/c27-21-10-5-11-26(21)20-9-4-6-18(16-20)17-24-23(28)22(19-7-2-1-3-8-19)25-12-14-31(29,30)15-13-25/h1-4,6-9,16,22H,5,10-15,17H2,(H,24,28). The normalized spacial score (nSPS) is 19.9. The SMILES string of the molecule is O=C(NCc1cccc(N2CCCC2=O)c1)C(c1ccccc1)N1CCS(=O)(=O)CC1. The van der Waals surface area contributed by atoms with E-state index in [1.165, 1.54) is 0 Å². The van der Waals surface area contributed by atoms with E-state index in [1.807, 2.05) is 59.5 Å². The number of carbonyl (C=O) groups excluding carboxylic acids is 2. The molecule has 0 radical (unpaired) electrons. The van der Waals surface area contributed by atoms with Crippen molar-refractivity contribution in [3.63, 3.8) is 0 Å². The van der Waals surface area contributed by atoms with E-state index in [4.69, 9.17) is 0 Å². The molecule has 2 saturated heterocycles. The second-order valence-corrected chi connectivity index (χ2v) is 10.3. The molecule has 1 atom stereocenters. The maximum absolute atomic E-state index is 13.2. The van der Waals surface area contributed by atoms with Crippen molar-refractivity contribution in [2.45, 2.75) is 25.4 Å². The monoisotopic (exact) mass is 441 g/mol. The van der Waals surface area contributed by atoms with Crippen LogP contribution < -0.4 is 10.2 Å². The molecule has 31 heavy (non-hydrogen) atoms. The van der Waals surface area contributed by atoms with Crippen LogP contribution in [0.1, 0.15) is 30.0 Å². The highest BCUT2D eigenvalue weighted by atomic mass is 32.2. The van der Waals surface area contributed by atoms with Crippen molar-refractivity contribution < 1.29 is 18.0 Å². The second-order valence-electron chi connectivity index (χ2n) is 8.04. The summed E-state index contributed by atoms with van der Waals surface area (Å²) >= 11 is 0. The van der Waals surface area contributed by atoms with Gasteiger partial charge < -0.3 is 10.2 Å². The molecule has 2 aliphatic heterocycles. The molecule has 2 aromatic carbocycles. The first-order chi connectivity index (χ1) is 14.9. The number of hydrogen-bond acceptors (Lipinski definition) is 5. The highest BCUT2D eigenvalue weighted by molar-refractivity contribution is 7.91. The Morgan fingerprint density at radius 2 is 1.74 bits per heavy atom. The van der Waals surface area contributed by atoms with E-state index in [1.54, 1.807) is 4.90 Å². The van der Waals surface area contributed by atoms with Crippen LogP contribution in [0.5, 0.6) is 0 Å². The number of rotatable bonds is 6. The van der Waals surface area contributed by atoms with Gasteiger partial charge in [0, 0.05) is 38.3 Å². The Morgan fingerprint density at radius 1 is 1.00 bits per heavy atom. The number of amides is 2. The van der Waals surface area contributed by atoms with Gasteiger partial charge in [-0.3, -0.25) is 14.5 Å². The van der Waals surface area contributed by atoms with Crippen LogP contribution in [-0.4, -0.2) is 56.3 Å². The Morgan fingerprint density at radius 3 is 2.42 bits per heavy atom.